The number of likely N-dealkylation sites (N-methyl/N-ethyl adjacent to an activating group) is 1. The monoisotopic (exact) mass is 382 g/mol. The zero-order chi connectivity index (χ0) is 19.7. The van der Waals surface area contributed by atoms with Gasteiger partial charge in [-0.2, -0.15) is 11.8 Å². The first-order chi connectivity index (χ1) is 12.3. The summed E-state index contributed by atoms with van der Waals surface area (Å²) >= 11 is 1.83. The molecule has 0 aromatic heterocycles. The molecule has 0 aliphatic heterocycles. The molecule has 0 aliphatic rings. The Balaban J connectivity index is 2.82. The van der Waals surface area contributed by atoms with Crippen molar-refractivity contribution in [3.63, 3.8) is 0 Å². The van der Waals surface area contributed by atoms with E-state index in [1.165, 1.54) is 0 Å². The lowest BCUT2D eigenvalue weighted by atomic mass is 10.1. The van der Waals surface area contributed by atoms with Crippen LogP contribution in [-0.4, -0.2) is 70.3 Å². The second-order valence-corrected chi connectivity index (χ2v) is 8.38. The van der Waals surface area contributed by atoms with Crippen LogP contribution in [0.15, 0.2) is 23.2 Å². The molecule has 1 atom stereocenters. The number of methoxy groups -OCH3 is 2. The molecule has 2 N–H and O–H groups in total. The quantitative estimate of drug-likeness (QED) is 0.506. The number of aliphatic imine (C=N–C) groups is 1. The normalized spacial score (nSPS) is 13.5. The number of nitrogens with one attached hydrogen (secondary N) is 2. The molecule has 1 unspecified atom stereocenters. The molecule has 0 saturated carbocycles. The number of hydrogen-bond donors (Lipinski definition) is 2. The average molecular weight is 383 g/mol. The summed E-state index contributed by atoms with van der Waals surface area (Å²) in [6, 6.07) is 6.21. The largest absolute Gasteiger partial charge is 0.493 e. The van der Waals surface area contributed by atoms with Crippen LogP contribution in [0.3, 0.4) is 0 Å². The van der Waals surface area contributed by atoms with Crippen molar-refractivity contribution < 1.29 is 9.47 Å². The Bertz CT molecular complexity index is 591. The fourth-order valence-electron chi connectivity index (χ4n) is 2.44. The molecule has 0 amide bonds. The number of thioether (sulfide) groups is 1. The fourth-order valence-corrected chi connectivity index (χ4v) is 2.66. The Morgan fingerprint density at radius 2 is 1.85 bits per heavy atom. The summed E-state index contributed by atoms with van der Waals surface area (Å²) in [6.07, 6.45) is 2.12. The van der Waals surface area contributed by atoms with Crippen molar-refractivity contribution in [2.45, 2.75) is 24.6 Å². The maximum absolute atomic E-state index is 5.44. The van der Waals surface area contributed by atoms with Crippen LogP contribution in [0.1, 0.15) is 25.5 Å². The molecule has 1 aromatic rings. The third kappa shape index (κ3) is 6.61. The highest BCUT2D eigenvalue weighted by Crippen LogP contribution is 2.31. The van der Waals surface area contributed by atoms with Crippen LogP contribution in [0.2, 0.25) is 0 Å². The van der Waals surface area contributed by atoms with E-state index in [9.17, 15) is 0 Å². The second-order valence-electron chi connectivity index (χ2n) is 6.86. The Morgan fingerprint density at radius 1 is 1.19 bits per heavy atom. The number of ether oxygens (including phenoxy) is 2. The van der Waals surface area contributed by atoms with Crippen LogP contribution in [0.25, 0.3) is 0 Å². The van der Waals surface area contributed by atoms with Crippen LogP contribution in [0.5, 0.6) is 11.5 Å². The Kier molecular flexibility index (Phi) is 9.08. The number of hydrogen-bond acceptors (Lipinski definition) is 5. The van der Waals surface area contributed by atoms with Gasteiger partial charge in [-0.05, 0) is 51.9 Å². The van der Waals surface area contributed by atoms with E-state index >= 15 is 0 Å². The minimum absolute atomic E-state index is 0.155. The van der Waals surface area contributed by atoms with Gasteiger partial charge in [-0.25, -0.2) is 0 Å². The van der Waals surface area contributed by atoms with Crippen LogP contribution < -0.4 is 20.1 Å². The Labute approximate surface area is 162 Å². The van der Waals surface area contributed by atoms with Crippen molar-refractivity contribution in [3.8, 4) is 11.5 Å². The molecular formula is C19H34N4O2S. The minimum Gasteiger partial charge on any atom is -0.493 e. The van der Waals surface area contributed by atoms with Gasteiger partial charge in [0, 0.05) is 24.9 Å². The summed E-state index contributed by atoms with van der Waals surface area (Å²) in [7, 11) is 9.23. The molecule has 0 fully saturated rings. The van der Waals surface area contributed by atoms with E-state index in [-0.39, 0.29) is 10.8 Å². The van der Waals surface area contributed by atoms with E-state index in [4.69, 9.17) is 9.47 Å². The zero-order valence-electron chi connectivity index (χ0n) is 17.3. The molecule has 0 aliphatic carbocycles. The minimum atomic E-state index is 0.155. The van der Waals surface area contributed by atoms with Crippen LogP contribution >= 0.6 is 11.8 Å². The zero-order valence-corrected chi connectivity index (χ0v) is 18.2. The molecule has 0 heterocycles. The molecule has 1 rings (SSSR count). The Morgan fingerprint density at radius 3 is 2.35 bits per heavy atom. The maximum Gasteiger partial charge on any atom is 0.191 e. The van der Waals surface area contributed by atoms with Gasteiger partial charge in [-0.1, -0.05) is 6.07 Å². The summed E-state index contributed by atoms with van der Waals surface area (Å²) in [4.78, 5) is 6.51. The first-order valence-electron chi connectivity index (χ1n) is 8.66. The van der Waals surface area contributed by atoms with Crippen LogP contribution in [0.4, 0.5) is 0 Å². The molecule has 0 bridgehead atoms. The lowest BCUT2D eigenvalue weighted by molar-refractivity contribution is 0.295. The maximum atomic E-state index is 5.44. The van der Waals surface area contributed by atoms with Gasteiger partial charge < -0.3 is 25.0 Å². The van der Waals surface area contributed by atoms with Crippen molar-refractivity contribution >= 4 is 17.7 Å². The number of guanidine groups is 1. The summed E-state index contributed by atoms with van der Waals surface area (Å²) in [6.45, 7) is 5.99. The first kappa shape index (κ1) is 22.4. The molecule has 26 heavy (non-hydrogen) atoms. The molecule has 6 nitrogen and oxygen atoms in total. The van der Waals surface area contributed by atoms with Crippen molar-refractivity contribution in [1.82, 2.24) is 15.5 Å². The van der Waals surface area contributed by atoms with E-state index in [2.05, 4.69) is 60.8 Å². The lowest BCUT2D eigenvalue weighted by Gasteiger charge is -2.28. The van der Waals surface area contributed by atoms with Gasteiger partial charge in [0.05, 0.1) is 20.3 Å². The van der Waals surface area contributed by atoms with Gasteiger partial charge >= 0.3 is 0 Å². The van der Waals surface area contributed by atoms with Crippen molar-refractivity contribution in [1.29, 1.82) is 0 Å². The number of rotatable bonds is 9. The molecule has 0 spiro atoms. The van der Waals surface area contributed by atoms with Gasteiger partial charge in [-0.3, -0.25) is 4.99 Å². The third-order valence-electron chi connectivity index (χ3n) is 4.34. The lowest BCUT2D eigenvalue weighted by Crippen LogP contribution is -2.45. The molecule has 7 heteroatoms. The number of nitrogens with zero attached hydrogens (tertiary/aromatic N) is 2. The van der Waals surface area contributed by atoms with E-state index < -0.39 is 0 Å². The van der Waals surface area contributed by atoms with Gasteiger partial charge in [0.15, 0.2) is 17.5 Å². The van der Waals surface area contributed by atoms with E-state index in [0.29, 0.717) is 0 Å². The highest BCUT2D eigenvalue weighted by atomic mass is 32.2. The number of benzene rings is 1. The van der Waals surface area contributed by atoms with Crippen molar-refractivity contribution in [3.05, 3.63) is 23.8 Å². The predicted octanol–water partition coefficient (Wildman–Crippen LogP) is 2.61. The molecular weight excluding hydrogens is 348 g/mol. The standard InChI is InChI=1S/C19H34N4O2S/c1-19(2,26-8)13-22-18(20-3)21-12-15(23(4)5)14-9-10-16(24-6)17(11-14)25-7/h9-11,15H,12-13H2,1-8H3,(H2,20,21,22). The highest BCUT2D eigenvalue weighted by molar-refractivity contribution is 7.99. The molecule has 148 valence electrons. The summed E-state index contributed by atoms with van der Waals surface area (Å²) < 4.78 is 10.9. The fraction of sp³-hybridized carbons (Fsp3) is 0.632. The van der Waals surface area contributed by atoms with E-state index in [1.807, 2.05) is 23.9 Å². The van der Waals surface area contributed by atoms with Crippen molar-refractivity contribution in [2.75, 3.05) is 54.7 Å². The molecule has 1 aromatic carbocycles. The second kappa shape index (κ2) is 10.5. The van der Waals surface area contributed by atoms with Gasteiger partial charge in [0.1, 0.15) is 0 Å². The van der Waals surface area contributed by atoms with E-state index in [1.54, 1.807) is 21.3 Å². The van der Waals surface area contributed by atoms with Gasteiger partial charge in [0.25, 0.3) is 0 Å². The van der Waals surface area contributed by atoms with Crippen molar-refractivity contribution in [2.24, 2.45) is 4.99 Å². The van der Waals surface area contributed by atoms with Crippen LogP contribution in [-0.2, 0) is 0 Å². The SMILES string of the molecule is CN=C(NCC(c1ccc(OC)c(OC)c1)N(C)C)NCC(C)(C)SC. The first-order valence-corrected chi connectivity index (χ1v) is 9.88. The average Bonchev–Trinajstić information content (AvgIpc) is 2.63. The Hall–Kier alpha value is -1.60. The third-order valence-corrected chi connectivity index (χ3v) is 5.59. The van der Waals surface area contributed by atoms with Gasteiger partial charge in [0.2, 0.25) is 0 Å². The topological polar surface area (TPSA) is 58.1 Å². The summed E-state index contributed by atoms with van der Waals surface area (Å²) in [5.74, 6) is 2.28. The predicted molar refractivity (Wildman–Crippen MR) is 113 cm³/mol. The van der Waals surface area contributed by atoms with Gasteiger partial charge in [-0.15, -0.1) is 0 Å². The summed E-state index contributed by atoms with van der Waals surface area (Å²) in [5.41, 5.74) is 1.15. The highest BCUT2D eigenvalue weighted by Gasteiger charge is 2.19. The summed E-state index contributed by atoms with van der Waals surface area (Å²) in [5, 5.41) is 6.83. The van der Waals surface area contributed by atoms with Crippen LogP contribution in [0, 0.1) is 0 Å². The van der Waals surface area contributed by atoms with E-state index in [0.717, 1.165) is 36.1 Å². The molecule has 0 radical (unpaired) electrons. The molecule has 0 saturated heterocycles. The smallest absolute Gasteiger partial charge is 0.191 e.